The molecule has 1 aliphatic carbocycles. The van der Waals surface area contributed by atoms with Crippen molar-refractivity contribution in [3.05, 3.63) is 23.5 Å². The van der Waals surface area contributed by atoms with E-state index in [1.54, 1.807) is 6.20 Å². The van der Waals surface area contributed by atoms with Crippen LogP contribution < -0.4 is 5.32 Å². The second kappa shape index (κ2) is 3.11. The van der Waals surface area contributed by atoms with Crippen LogP contribution in [0.15, 0.2) is 18.3 Å². The van der Waals surface area contributed by atoms with Gasteiger partial charge in [-0.25, -0.2) is 4.98 Å². The average molecular weight is 225 g/mol. The SMILES string of the molecule is CC1(C)C(Nc2ccnc(Cl)c2)C1(C)C. The molecule has 1 aromatic rings. The number of rotatable bonds is 2. The molecular weight excluding hydrogens is 208 g/mol. The van der Waals surface area contributed by atoms with Crippen LogP contribution in [0, 0.1) is 10.8 Å². The van der Waals surface area contributed by atoms with E-state index in [0.717, 1.165) is 5.69 Å². The third-order valence-electron chi connectivity index (χ3n) is 4.06. The maximum absolute atomic E-state index is 5.84. The van der Waals surface area contributed by atoms with Crippen molar-refractivity contribution in [2.45, 2.75) is 33.7 Å². The van der Waals surface area contributed by atoms with E-state index >= 15 is 0 Å². The zero-order valence-corrected chi connectivity index (χ0v) is 10.4. The van der Waals surface area contributed by atoms with E-state index in [1.807, 2.05) is 12.1 Å². The van der Waals surface area contributed by atoms with Crippen LogP contribution in [0.1, 0.15) is 27.7 Å². The number of nitrogens with one attached hydrogen (secondary N) is 1. The van der Waals surface area contributed by atoms with Crippen LogP contribution in [-0.2, 0) is 0 Å². The molecule has 0 unspecified atom stereocenters. The van der Waals surface area contributed by atoms with E-state index in [-0.39, 0.29) is 0 Å². The largest absolute Gasteiger partial charge is 0.381 e. The first-order chi connectivity index (χ1) is 6.85. The van der Waals surface area contributed by atoms with E-state index in [9.17, 15) is 0 Å². The number of hydrogen-bond donors (Lipinski definition) is 1. The zero-order chi connectivity index (χ0) is 11.3. The highest BCUT2D eigenvalue weighted by atomic mass is 35.5. The number of pyridine rings is 1. The Labute approximate surface area is 96.1 Å². The van der Waals surface area contributed by atoms with Gasteiger partial charge in [0, 0.05) is 17.9 Å². The predicted molar refractivity (Wildman–Crippen MR) is 64.2 cm³/mol. The molecule has 0 radical (unpaired) electrons. The Kier molecular flexibility index (Phi) is 2.23. The molecule has 2 rings (SSSR count). The summed E-state index contributed by atoms with van der Waals surface area (Å²) in [5.41, 5.74) is 1.73. The van der Waals surface area contributed by atoms with Gasteiger partial charge >= 0.3 is 0 Å². The van der Waals surface area contributed by atoms with Crippen LogP contribution in [0.4, 0.5) is 5.69 Å². The third kappa shape index (κ3) is 1.61. The summed E-state index contributed by atoms with van der Waals surface area (Å²) in [5.74, 6) is 0. The fourth-order valence-corrected chi connectivity index (χ4v) is 2.39. The summed E-state index contributed by atoms with van der Waals surface area (Å²) in [5, 5.41) is 4.05. The topological polar surface area (TPSA) is 24.9 Å². The van der Waals surface area contributed by atoms with E-state index in [1.165, 1.54) is 0 Å². The molecule has 1 fully saturated rings. The van der Waals surface area contributed by atoms with Crippen LogP contribution in [0.25, 0.3) is 0 Å². The number of anilines is 1. The van der Waals surface area contributed by atoms with Crippen molar-refractivity contribution in [1.82, 2.24) is 4.98 Å². The summed E-state index contributed by atoms with van der Waals surface area (Å²) in [6.45, 7) is 9.14. The molecule has 0 bridgehead atoms. The smallest absolute Gasteiger partial charge is 0.131 e. The van der Waals surface area contributed by atoms with E-state index in [2.05, 4.69) is 38.0 Å². The van der Waals surface area contributed by atoms with Gasteiger partial charge in [-0.2, -0.15) is 0 Å². The molecule has 0 aromatic carbocycles. The molecule has 1 aromatic heterocycles. The van der Waals surface area contributed by atoms with Crippen LogP contribution in [0.3, 0.4) is 0 Å². The Balaban J connectivity index is 2.12. The van der Waals surface area contributed by atoms with Crippen molar-refractivity contribution in [2.75, 3.05) is 5.32 Å². The highest BCUT2D eigenvalue weighted by Crippen LogP contribution is 2.63. The molecule has 1 N–H and O–H groups in total. The summed E-state index contributed by atoms with van der Waals surface area (Å²) >= 11 is 5.84. The Morgan fingerprint density at radius 2 is 1.87 bits per heavy atom. The average Bonchev–Trinajstić information content (AvgIpc) is 2.48. The third-order valence-corrected chi connectivity index (χ3v) is 4.26. The molecule has 1 saturated carbocycles. The Morgan fingerprint density at radius 1 is 1.27 bits per heavy atom. The van der Waals surface area contributed by atoms with Crippen molar-refractivity contribution in [3.8, 4) is 0 Å². The van der Waals surface area contributed by atoms with E-state index in [0.29, 0.717) is 22.0 Å². The van der Waals surface area contributed by atoms with Crippen molar-refractivity contribution in [1.29, 1.82) is 0 Å². The zero-order valence-electron chi connectivity index (χ0n) is 9.63. The fourth-order valence-electron chi connectivity index (χ4n) is 2.22. The summed E-state index contributed by atoms with van der Waals surface area (Å²) in [4.78, 5) is 3.97. The molecule has 0 spiro atoms. The minimum atomic E-state index is 0.336. The second-order valence-electron chi connectivity index (χ2n) is 5.39. The first kappa shape index (κ1) is 10.7. The number of hydrogen-bond acceptors (Lipinski definition) is 2. The van der Waals surface area contributed by atoms with Crippen molar-refractivity contribution in [2.24, 2.45) is 10.8 Å². The molecule has 1 aliphatic rings. The molecule has 0 atom stereocenters. The normalized spacial score (nSPS) is 22.5. The van der Waals surface area contributed by atoms with Gasteiger partial charge in [0.1, 0.15) is 5.15 Å². The minimum Gasteiger partial charge on any atom is -0.381 e. The first-order valence-electron chi connectivity index (χ1n) is 5.24. The van der Waals surface area contributed by atoms with Gasteiger partial charge in [0.15, 0.2) is 0 Å². The van der Waals surface area contributed by atoms with Gasteiger partial charge in [-0.3, -0.25) is 0 Å². The molecule has 82 valence electrons. The fraction of sp³-hybridized carbons (Fsp3) is 0.583. The molecule has 0 aliphatic heterocycles. The minimum absolute atomic E-state index is 0.336. The molecule has 0 saturated heterocycles. The van der Waals surface area contributed by atoms with Gasteiger partial charge < -0.3 is 5.32 Å². The number of nitrogens with zero attached hydrogens (tertiary/aromatic N) is 1. The lowest BCUT2D eigenvalue weighted by atomic mass is 10.0. The van der Waals surface area contributed by atoms with Crippen molar-refractivity contribution in [3.63, 3.8) is 0 Å². The van der Waals surface area contributed by atoms with Crippen LogP contribution >= 0.6 is 11.6 Å². The van der Waals surface area contributed by atoms with Crippen LogP contribution in [-0.4, -0.2) is 11.0 Å². The number of halogens is 1. The number of aromatic nitrogens is 1. The monoisotopic (exact) mass is 224 g/mol. The summed E-state index contributed by atoms with van der Waals surface area (Å²) < 4.78 is 0. The van der Waals surface area contributed by atoms with E-state index < -0.39 is 0 Å². The maximum Gasteiger partial charge on any atom is 0.131 e. The second-order valence-corrected chi connectivity index (χ2v) is 5.78. The summed E-state index contributed by atoms with van der Waals surface area (Å²) in [6.07, 6.45) is 1.73. The quantitative estimate of drug-likeness (QED) is 0.777. The van der Waals surface area contributed by atoms with Gasteiger partial charge in [-0.1, -0.05) is 39.3 Å². The molecule has 15 heavy (non-hydrogen) atoms. The summed E-state index contributed by atoms with van der Waals surface area (Å²) in [6, 6.07) is 4.33. The van der Waals surface area contributed by atoms with Crippen LogP contribution in [0.2, 0.25) is 5.15 Å². The lowest BCUT2D eigenvalue weighted by molar-refractivity contribution is 0.457. The molecule has 0 amide bonds. The van der Waals surface area contributed by atoms with Crippen molar-refractivity contribution >= 4 is 17.3 Å². The molecule has 3 heteroatoms. The van der Waals surface area contributed by atoms with Crippen molar-refractivity contribution < 1.29 is 0 Å². The molecule has 1 heterocycles. The lowest BCUT2D eigenvalue weighted by Gasteiger charge is -2.07. The standard InChI is InChI=1S/C12H17ClN2/c1-11(2)10(12(11,3)4)15-8-5-6-14-9(13)7-8/h5-7,10H,1-4H3,(H,14,15). The van der Waals surface area contributed by atoms with Crippen LogP contribution in [0.5, 0.6) is 0 Å². The Morgan fingerprint density at radius 3 is 2.33 bits per heavy atom. The Hall–Kier alpha value is -0.760. The van der Waals surface area contributed by atoms with Gasteiger partial charge in [-0.05, 0) is 23.0 Å². The molecular formula is C12H17ClN2. The predicted octanol–water partition coefficient (Wildman–Crippen LogP) is 3.58. The van der Waals surface area contributed by atoms with Gasteiger partial charge in [-0.15, -0.1) is 0 Å². The Bertz CT molecular complexity index is 371. The highest BCUT2D eigenvalue weighted by molar-refractivity contribution is 6.29. The maximum atomic E-state index is 5.84. The van der Waals surface area contributed by atoms with Gasteiger partial charge in [0.05, 0.1) is 0 Å². The van der Waals surface area contributed by atoms with E-state index in [4.69, 9.17) is 11.6 Å². The first-order valence-corrected chi connectivity index (χ1v) is 5.61. The summed E-state index contributed by atoms with van der Waals surface area (Å²) in [7, 11) is 0. The molecule has 2 nitrogen and oxygen atoms in total. The highest BCUT2D eigenvalue weighted by Gasteiger charge is 2.64. The lowest BCUT2D eigenvalue weighted by Crippen LogP contribution is -2.09. The van der Waals surface area contributed by atoms with Gasteiger partial charge in [0.25, 0.3) is 0 Å². The van der Waals surface area contributed by atoms with Gasteiger partial charge in [0.2, 0.25) is 0 Å².